The van der Waals surface area contributed by atoms with Gasteiger partial charge in [0.2, 0.25) is 0 Å². The Morgan fingerprint density at radius 2 is 1.93 bits per heavy atom. The summed E-state index contributed by atoms with van der Waals surface area (Å²) in [4.78, 5) is 27.6. The van der Waals surface area contributed by atoms with Crippen molar-refractivity contribution in [2.45, 2.75) is 19.1 Å². The highest BCUT2D eigenvalue weighted by Gasteiger charge is 2.50. The van der Waals surface area contributed by atoms with Crippen LogP contribution in [0.3, 0.4) is 0 Å². The molecule has 152 valence electrons. The Balaban J connectivity index is 2.00. The Morgan fingerprint density at radius 1 is 1.13 bits per heavy atom. The van der Waals surface area contributed by atoms with Crippen LogP contribution in [0, 0.1) is 6.92 Å². The van der Waals surface area contributed by atoms with E-state index in [9.17, 15) is 9.18 Å². The van der Waals surface area contributed by atoms with Crippen molar-refractivity contribution in [1.29, 1.82) is 0 Å². The van der Waals surface area contributed by atoms with Crippen LogP contribution in [-0.4, -0.2) is 33.8 Å². The van der Waals surface area contributed by atoms with Crippen LogP contribution in [0.1, 0.15) is 22.5 Å². The lowest BCUT2D eigenvalue weighted by Crippen LogP contribution is -2.41. The lowest BCUT2D eigenvalue weighted by Gasteiger charge is -2.27. The highest BCUT2D eigenvalue weighted by Crippen LogP contribution is 2.42. The molecule has 8 heteroatoms. The van der Waals surface area contributed by atoms with Crippen molar-refractivity contribution in [3.8, 4) is 11.1 Å². The zero-order chi connectivity index (χ0) is 21.5. The third-order valence-corrected chi connectivity index (χ3v) is 5.46. The molecule has 1 aliphatic rings. The Bertz CT molecular complexity index is 1180. The van der Waals surface area contributed by atoms with Gasteiger partial charge >= 0.3 is 0 Å². The van der Waals surface area contributed by atoms with Gasteiger partial charge in [-0.15, -0.1) is 0 Å². The third-order valence-electron chi connectivity index (χ3n) is 5.24. The van der Waals surface area contributed by atoms with Crippen LogP contribution < -0.4 is 5.73 Å². The average Bonchev–Trinajstić information content (AvgIpc) is 2.98. The number of hydrogen-bond acceptors (Lipinski definition) is 5. The van der Waals surface area contributed by atoms with Gasteiger partial charge in [-0.25, -0.2) is 9.38 Å². The maximum absolute atomic E-state index is 13.4. The van der Waals surface area contributed by atoms with Crippen molar-refractivity contribution >= 4 is 23.5 Å². The number of rotatable bonds is 4. The number of benzene rings is 1. The molecule has 0 saturated carbocycles. The molecular weight excluding hydrogens is 405 g/mol. The number of carbonyl (C=O) groups excluding carboxylic acids is 1. The van der Waals surface area contributed by atoms with E-state index in [2.05, 4.69) is 15.0 Å². The number of carbonyl (C=O) groups is 1. The van der Waals surface area contributed by atoms with E-state index in [1.165, 1.54) is 17.2 Å². The smallest absolute Gasteiger partial charge is 0.266 e. The molecule has 0 aliphatic carbocycles. The molecular formula is C22H19ClFN5O. The minimum atomic E-state index is -1.48. The van der Waals surface area contributed by atoms with Gasteiger partial charge in [-0.05, 0) is 60.0 Å². The van der Waals surface area contributed by atoms with Crippen LogP contribution in [0.2, 0.25) is 5.02 Å². The summed E-state index contributed by atoms with van der Waals surface area (Å²) in [5, 5.41) is 0.432. The van der Waals surface area contributed by atoms with E-state index in [0.717, 1.165) is 16.8 Å². The number of pyridine rings is 2. The Hall–Kier alpha value is -3.32. The number of nitrogens with zero attached hydrogens (tertiary/aromatic N) is 4. The number of likely N-dealkylation sites (N-methyl/N-ethyl adjacent to an activating group) is 1. The summed E-state index contributed by atoms with van der Waals surface area (Å²) in [7, 11) is 1.55. The summed E-state index contributed by atoms with van der Waals surface area (Å²) < 4.78 is 13.3. The summed E-state index contributed by atoms with van der Waals surface area (Å²) in [6.07, 6.45) is 3.17. The molecule has 0 bridgehead atoms. The van der Waals surface area contributed by atoms with E-state index in [1.807, 2.05) is 25.1 Å². The molecule has 1 amide bonds. The molecule has 3 aromatic rings. The molecule has 0 radical (unpaired) electrons. The van der Waals surface area contributed by atoms with E-state index < -0.39 is 12.2 Å². The highest BCUT2D eigenvalue weighted by atomic mass is 35.5. The SMILES string of the molecule is Cc1ncccc1-c1cc(Cl)cc(C2(c3ccnc(CF)c3)N=C(N)N(C)C2=O)c1. The summed E-state index contributed by atoms with van der Waals surface area (Å²) in [6.45, 7) is 1.13. The van der Waals surface area contributed by atoms with Gasteiger partial charge in [0.25, 0.3) is 5.91 Å². The minimum Gasteiger partial charge on any atom is -0.369 e. The van der Waals surface area contributed by atoms with Crippen LogP contribution in [0.4, 0.5) is 4.39 Å². The second kappa shape index (κ2) is 7.50. The van der Waals surface area contributed by atoms with Crippen molar-refractivity contribution in [3.63, 3.8) is 0 Å². The molecule has 30 heavy (non-hydrogen) atoms. The third kappa shape index (κ3) is 3.11. The monoisotopic (exact) mass is 423 g/mol. The fourth-order valence-electron chi connectivity index (χ4n) is 3.70. The Kier molecular flexibility index (Phi) is 4.99. The second-order valence-electron chi connectivity index (χ2n) is 7.08. The van der Waals surface area contributed by atoms with Crippen molar-refractivity contribution in [1.82, 2.24) is 14.9 Å². The van der Waals surface area contributed by atoms with Gasteiger partial charge in [0.15, 0.2) is 11.5 Å². The first-order valence-electron chi connectivity index (χ1n) is 9.24. The van der Waals surface area contributed by atoms with E-state index in [0.29, 0.717) is 16.1 Å². The van der Waals surface area contributed by atoms with E-state index >= 15 is 0 Å². The fraction of sp³-hybridized carbons (Fsp3) is 0.182. The summed E-state index contributed by atoms with van der Waals surface area (Å²) in [5.41, 5.74) is 8.23. The zero-order valence-corrected chi connectivity index (χ0v) is 17.2. The van der Waals surface area contributed by atoms with Gasteiger partial charge in [0.05, 0.1) is 5.69 Å². The molecule has 0 saturated heterocycles. The molecule has 4 rings (SSSR count). The molecule has 0 fully saturated rings. The Morgan fingerprint density at radius 3 is 2.60 bits per heavy atom. The first-order valence-corrected chi connectivity index (χ1v) is 9.62. The molecule has 1 unspecified atom stereocenters. The molecule has 3 heterocycles. The van der Waals surface area contributed by atoms with Crippen molar-refractivity contribution in [2.24, 2.45) is 10.7 Å². The average molecular weight is 424 g/mol. The van der Waals surface area contributed by atoms with Crippen molar-refractivity contribution in [2.75, 3.05) is 7.05 Å². The number of amides is 1. The fourth-order valence-corrected chi connectivity index (χ4v) is 3.94. The summed E-state index contributed by atoms with van der Waals surface area (Å²) >= 11 is 6.46. The number of nitrogens with two attached hydrogens (primary N) is 1. The number of alkyl halides is 1. The number of guanidine groups is 1. The van der Waals surface area contributed by atoms with Crippen LogP contribution in [0.15, 0.2) is 59.9 Å². The van der Waals surface area contributed by atoms with Gasteiger partial charge < -0.3 is 5.73 Å². The van der Waals surface area contributed by atoms with Crippen LogP contribution in [0.5, 0.6) is 0 Å². The summed E-state index contributed by atoms with van der Waals surface area (Å²) in [5.74, 6) is -0.287. The number of halogens is 2. The molecule has 2 N–H and O–H groups in total. The zero-order valence-electron chi connectivity index (χ0n) is 16.4. The largest absolute Gasteiger partial charge is 0.369 e. The lowest BCUT2D eigenvalue weighted by atomic mass is 9.81. The van der Waals surface area contributed by atoms with Gasteiger partial charge in [0.1, 0.15) is 6.67 Å². The van der Waals surface area contributed by atoms with Gasteiger partial charge in [-0.3, -0.25) is 19.7 Å². The number of hydrogen-bond donors (Lipinski definition) is 1. The first kappa shape index (κ1) is 20.0. The normalized spacial score (nSPS) is 18.6. The van der Waals surface area contributed by atoms with Crippen LogP contribution in [0.25, 0.3) is 11.1 Å². The summed E-state index contributed by atoms with van der Waals surface area (Å²) in [6, 6.07) is 12.3. The molecule has 1 aliphatic heterocycles. The minimum absolute atomic E-state index is 0.0673. The molecule has 2 aromatic heterocycles. The van der Waals surface area contributed by atoms with E-state index in [1.54, 1.807) is 31.4 Å². The van der Waals surface area contributed by atoms with Gasteiger partial charge in [-0.1, -0.05) is 17.7 Å². The number of aryl methyl sites for hydroxylation is 1. The maximum atomic E-state index is 13.4. The van der Waals surface area contributed by atoms with Crippen LogP contribution >= 0.6 is 11.6 Å². The molecule has 1 aromatic carbocycles. The van der Waals surface area contributed by atoms with E-state index in [4.69, 9.17) is 17.3 Å². The Labute approximate surface area is 178 Å². The quantitative estimate of drug-likeness (QED) is 0.694. The molecule has 0 spiro atoms. The van der Waals surface area contributed by atoms with E-state index in [-0.39, 0.29) is 17.6 Å². The predicted octanol–water partition coefficient (Wildman–Crippen LogP) is 3.61. The van der Waals surface area contributed by atoms with Gasteiger partial charge in [0, 0.05) is 35.7 Å². The lowest BCUT2D eigenvalue weighted by molar-refractivity contribution is -0.129. The molecule has 1 atom stereocenters. The predicted molar refractivity (Wildman–Crippen MR) is 114 cm³/mol. The van der Waals surface area contributed by atoms with Crippen molar-refractivity contribution in [3.05, 3.63) is 82.4 Å². The number of aliphatic imine (C=N–C) groups is 1. The number of aromatic nitrogens is 2. The van der Waals surface area contributed by atoms with Gasteiger partial charge in [-0.2, -0.15) is 0 Å². The van der Waals surface area contributed by atoms with Crippen molar-refractivity contribution < 1.29 is 9.18 Å². The second-order valence-corrected chi connectivity index (χ2v) is 7.52. The maximum Gasteiger partial charge on any atom is 0.266 e. The topological polar surface area (TPSA) is 84.5 Å². The molecule has 6 nitrogen and oxygen atoms in total. The first-order chi connectivity index (χ1) is 14.4. The van der Waals surface area contributed by atoms with Crippen LogP contribution in [-0.2, 0) is 17.0 Å². The highest BCUT2D eigenvalue weighted by molar-refractivity contribution is 6.31. The standard InChI is InChI=1S/C22H19ClFN5O/c1-13-19(4-3-6-26-13)14-8-16(10-17(23)9-14)22(20(30)29(2)21(25)28-22)15-5-7-27-18(11-15)12-24/h3-11H,12H2,1-2H3,(H2,25,28).